The zero-order chi connectivity index (χ0) is 14.5. The third kappa shape index (κ3) is 3.32. The first-order valence-electron chi connectivity index (χ1n) is 6.45. The van der Waals surface area contributed by atoms with Gasteiger partial charge >= 0.3 is 0 Å². The van der Waals surface area contributed by atoms with Gasteiger partial charge in [-0.3, -0.25) is 4.79 Å². The molecule has 0 radical (unpaired) electrons. The van der Waals surface area contributed by atoms with E-state index in [9.17, 15) is 4.79 Å². The van der Waals surface area contributed by atoms with Crippen molar-refractivity contribution in [1.29, 1.82) is 0 Å². The average Bonchev–Trinajstić information content (AvgIpc) is 3.21. The van der Waals surface area contributed by atoms with Crippen LogP contribution in [0, 0.1) is 0 Å². The van der Waals surface area contributed by atoms with Crippen LogP contribution in [0.5, 0.6) is 0 Å². The largest absolute Gasteiger partial charge is 0.352 e. The van der Waals surface area contributed by atoms with Crippen LogP contribution in [0.25, 0.3) is 5.69 Å². The Morgan fingerprint density at radius 1 is 1.33 bits per heavy atom. The van der Waals surface area contributed by atoms with Crippen molar-refractivity contribution < 1.29 is 4.79 Å². The molecule has 7 heteroatoms. The van der Waals surface area contributed by atoms with Gasteiger partial charge in [-0.15, -0.1) is 5.10 Å². The van der Waals surface area contributed by atoms with Gasteiger partial charge in [0.1, 0.15) is 6.33 Å². The van der Waals surface area contributed by atoms with Gasteiger partial charge in [-0.25, -0.2) is 4.68 Å². The van der Waals surface area contributed by atoms with Crippen LogP contribution in [0.15, 0.2) is 47.4 Å². The molecule has 0 fully saturated rings. The van der Waals surface area contributed by atoms with Crippen molar-refractivity contribution in [1.82, 2.24) is 25.5 Å². The molecule has 0 atom stereocenters. The Morgan fingerprint density at radius 2 is 2.29 bits per heavy atom. The van der Waals surface area contributed by atoms with Crippen molar-refractivity contribution in [2.24, 2.45) is 0 Å². The second-order valence-electron chi connectivity index (χ2n) is 4.44. The molecular weight excluding hydrogens is 286 g/mol. The summed E-state index contributed by atoms with van der Waals surface area (Å²) in [5.41, 5.74) is 2.58. The average molecular weight is 299 g/mol. The van der Waals surface area contributed by atoms with Crippen LogP contribution in [-0.4, -0.2) is 32.7 Å². The fourth-order valence-corrected chi connectivity index (χ4v) is 2.63. The highest BCUT2D eigenvalue weighted by molar-refractivity contribution is 7.07. The van der Waals surface area contributed by atoms with Crippen LogP contribution >= 0.6 is 11.3 Å². The summed E-state index contributed by atoms with van der Waals surface area (Å²) < 4.78 is 1.52. The summed E-state index contributed by atoms with van der Waals surface area (Å²) in [6.45, 7) is 0.616. The number of carbonyl (C=O) groups excluding carboxylic acids is 1. The predicted octanol–water partition coefficient (Wildman–Crippen LogP) is 1.70. The number of amides is 1. The Morgan fingerprint density at radius 3 is 3.05 bits per heavy atom. The quantitative estimate of drug-likeness (QED) is 0.778. The maximum atomic E-state index is 12.1. The summed E-state index contributed by atoms with van der Waals surface area (Å²) in [5, 5.41) is 18.0. The molecular formula is C14H13N5OS. The molecule has 21 heavy (non-hydrogen) atoms. The molecule has 0 aliphatic carbocycles. The summed E-state index contributed by atoms with van der Waals surface area (Å²) in [6, 6.07) is 9.25. The number of benzene rings is 1. The SMILES string of the molecule is O=C(NCCc1ccsc1)c1cccc(-n2cnnn2)c1. The van der Waals surface area contributed by atoms with Gasteiger partial charge in [-0.1, -0.05) is 6.07 Å². The number of tetrazole rings is 1. The maximum absolute atomic E-state index is 12.1. The maximum Gasteiger partial charge on any atom is 0.251 e. The van der Waals surface area contributed by atoms with E-state index >= 15 is 0 Å². The van der Waals surface area contributed by atoms with Crippen molar-refractivity contribution in [2.45, 2.75) is 6.42 Å². The van der Waals surface area contributed by atoms with E-state index in [1.165, 1.54) is 16.6 Å². The Labute approximate surface area is 125 Å². The molecule has 3 rings (SSSR count). The molecule has 0 bridgehead atoms. The number of thiophene rings is 1. The predicted molar refractivity (Wildman–Crippen MR) is 79.5 cm³/mol. The van der Waals surface area contributed by atoms with Gasteiger partial charge in [-0.2, -0.15) is 11.3 Å². The molecule has 106 valence electrons. The number of hydrogen-bond donors (Lipinski definition) is 1. The number of aromatic nitrogens is 4. The zero-order valence-corrected chi connectivity index (χ0v) is 12.0. The van der Waals surface area contributed by atoms with Gasteiger partial charge in [0.15, 0.2) is 0 Å². The normalized spacial score (nSPS) is 10.5. The lowest BCUT2D eigenvalue weighted by Crippen LogP contribution is -2.25. The third-order valence-corrected chi connectivity index (χ3v) is 3.73. The van der Waals surface area contributed by atoms with E-state index in [1.54, 1.807) is 23.5 Å². The topological polar surface area (TPSA) is 72.7 Å². The van der Waals surface area contributed by atoms with Crippen LogP contribution in [0.3, 0.4) is 0 Å². The number of nitrogens with one attached hydrogen (secondary N) is 1. The molecule has 2 heterocycles. The van der Waals surface area contributed by atoms with E-state index in [0.29, 0.717) is 12.1 Å². The van der Waals surface area contributed by atoms with Crippen molar-refractivity contribution in [2.75, 3.05) is 6.54 Å². The molecule has 0 aliphatic rings. The monoisotopic (exact) mass is 299 g/mol. The van der Waals surface area contributed by atoms with Crippen LogP contribution in [-0.2, 0) is 6.42 Å². The fourth-order valence-electron chi connectivity index (χ4n) is 1.93. The van der Waals surface area contributed by atoms with Crippen molar-refractivity contribution in [3.63, 3.8) is 0 Å². The molecule has 1 amide bonds. The van der Waals surface area contributed by atoms with Crippen LogP contribution in [0.2, 0.25) is 0 Å². The highest BCUT2D eigenvalue weighted by Gasteiger charge is 2.07. The standard InChI is InChI=1S/C14H13N5OS/c20-14(15-6-4-11-5-7-21-9-11)12-2-1-3-13(8-12)19-10-16-17-18-19/h1-3,5,7-10H,4,6H2,(H,15,20). The van der Waals surface area contributed by atoms with E-state index in [2.05, 4.69) is 32.3 Å². The Bertz CT molecular complexity index is 709. The number of rotatable bonds is 5. The number of nitrogens with zero attached hydrogens (tertiary/aromatic N) is 4. The minimum Gasteiger partial charge on any atom is -0.352 e. The van der Waals surface area contributed by atoms with Gasteiger partial charge in [0.25, 0.3) is 5.91 Å². The zero-order valence-electron chi connectivity index (χ0n) is 11.1. The van der Waals surface area contributed by atoms with Crippen molar-refractivity contribution in [3.8, 4) is 5.69 Å². The highest BCUT2D eigenvalue weighted by atomic mass is 32.1. The van der Waals surface area contributed by atoms with Gasteiger partial charge < -0.3 is 5.32 Å². The molecule has 1 N–H and O–H groups in total. The Hall–Kier alpha value is -2.54. The van der Waals surface area contributed by atoms with Gasteiger partial charge in [0.2, 0.25) is 0 Å². The molecule has 1 aromatic carbocycles. The first-order valence-corrected chi connectivity index (χ1v) is 7.40. The second kappa shape index (κ2) is 6.27. The molecule has 0 aliphatic heterocycles. The summed E-state index contributed by atoms with van der Waals surface area (Å²) >= 11 is 1.66. The first kappa shape index (κ1) is 13.4. The Balaban J connectivity index is 1.63. The van der Waals surface area contributed by atoms with E-state index in [0.717, 1.165) is 12.1 Å². The highest BCUT2D eigenvalue weighted by Crippen LogP contribution is 2.09. The van der Waals surface area contributed by atoms with E-state index in [1.807, 2.05) is 17.5 Å². The summed E-state index contributed by atoms with van der Waals surface area (Å²) in [4.78, 5) is 12.1. The van der Waals surface area contributed by atoms with Crippen LogP contribution in [0.1, 0.15) is 15.9 Å². The Kier molecular flexibility index (Phi) is 4.02. The number of carbonyl (C=O) groups is 1. The minimum absolute atomic E-state index is 0.0971. The summed E-state index contributed by atoms with van der Waals surface area (Å²) in [5.74, 6) is -0.0971. The van der Waals surface area contributed by atoms with Gasteiger partial charge in [0.05, 0.1) is 5.69 Å². The van der Waals surface area contributed by atoms with E-state index < -0.39 is 0 Å². The molecule has 0 saturated carbocycles. The van der Waals surface area contributed by atoms with Gasteiger partial charge in [0, 0.05) is 12.1 Å². The molecule has 3 aromatic rings. The van der Waals surface area contributed by atoms with Crippen LogP contribution < -0.4 is 5.32 Å². The van der Waals surface area contributed by atoms with Crippen molar-refractivity contribution in [3.05, 3.63) is 58.5 Å². The molecule has 0 saturated heterocycles. The van der Waals surface area contributed by atoms with E-state index in [4.69, 9.17) is 0 Å². The van der Waals surface area contributed by atoms with E-state index in [-0.39, 0.29) is 5.91 Å². The lowest BCUT2D eigenvalue weighted by Gasteiger charge is -2.06. The number of hydrogen-bond acceptors (Lipinski definition) is 5. The molecule has 0 spiro atoms. The first-order chi connectivity index (χ1) is 10.3. The lowest BCUT2D eigenvalue weighted by molar-refractivity contribution is 0.0954. The fraction of sp³-hybridized carbons (Fsp3) is 0.143. The summed E-state index contributed by atoms with van der Waals surface area (Å²) in [6.07, 6.45) is 2.33. The van der Waals surface area contributed by atoms with Crippen molar-refractivity contribution >= 4 is 17.2 Å². The smallest absolute Gasteiger partial charge is 0.251 e. The minimum atomic E-state index is -0.0971. The summed E-state index contributed by atoms with van der Waals surface area (Å²) in [7, 11) is 0. The molecule has 6 nitrogen and oxygen atoms in total. The molecule has 0 unspecified atom stereocenters. The molecule has 2 aromatic heterocycles. The third-order valence-electron chi connectivity index (χ3n) is 3.00. The second-order valence-corrected chi connectivity index (χ2v) is 5.22. The van der Waals surface area contributed by atoms with Gasteiger partial charge in [-0.05, 0) is 57.4 Å². The lowest BCUT2D eigenvalue weighted by atomic mass is 10.2. The van der Waals surface area contributed by atoms with Crippen LogP contribution in [0.4, 0.5) is 0 Å².